The van der Waals surface area contributed by atoms with Gasteiger partial charge in [0.15, 0.2) is 0 Å². The van der Waals surface area contributed by atoms with Crippen molar-refractivity contribution in [1.82, 2.24) is 0 Å². The Morgan fingerprint density at radius 2 is 1.58 bits per heavy atom. The number of carbonyl (C=O) groups is 2. The number of benzene rings is 2. The molecular formula is C16H13NO2. The fraction of sp³-hybridized carbons (Fsp3) is 0.125. The highest BCUT2D eigenvalue weighted by Crippen LogP contribution is 2.38. The van der Waals surface area contributed by atoms with Crippen LogP contribution >= 0.6 is 0 Å². The van der Waals surface area contributed by atoms with Crippen LogP contribution in [-0.4, -0.2) is 11.7 Å². The zero-order valence-corrected chi connectivity index (χ0v) is 10.8. The number of carbonyl (C=O) groups excluding carboxylic acids is 2. The van der Waals surface area contributed by atoms with Crippen LogP contribution in [-0.2, 0) is 4.79 Å². The molecule has 0 N–H and O–H groups in total. The molecule has 0 aromatic heterocycles. The highest BCUT2D eigenvalue weighted by molar-refractivity contribution is 6.53. The lowest BCUT2D eigenvalue weighted by Gasteiger charge is -2.19. The van der Waals surface area contributed by atoms with E-state index in [9.17, 15) is 9.59 Å². The summed E-state index contributed by atoms with van der Waals surface area (Å²) in [6, 6.07) is 12.9. The number of Topliss-reactive ketones (excluding diaryl/α,β-unsaturated/α-hetero) is 1. The van der Waals surface area contributed by atoms with Gasteiger partial charge in [-0.1, -0.05) is 24.3 Å². The van der Waals surface area contributed by atoms with Crippen LogP contribution in [0.25, 0.3) is 0 Å². The van der Waals surface area contributed by atoms with Crippen molar-refractivity contribution in [2.75, 3.05) is 4.90 Å². The van der Waals surface area contributed by atoms with Gasteiger partial charge in [0.05, 0.1) is 11.3 Å². The van der Waals surface area contributed by atoms with Gasteiger partial charge in [0.1, 0.15) is 0 Å². The molecule has 0 aliphatic carbocycles. The average molecular weight is 251 g/mol. The Morgan fingerprint density at radius 3 is 2.26 bits per heavy atom. The molecule has 2 aromatic carbocycles. The lowest BCUT2D eigenvalue weighted by atomic mass is 10.0. The van der Waals surface area contributed by atoms with Gasteiger partial charge >= 0.3 is 5.91 Å². The molecular weight excluding hydrogens is 238 g/mol. The van der Waals surface area contributed by atoms with Crippen LogP contribution in [0.1, 0.15) is 21.5 Å². The van der Waals surface area contributed by atoms with Gasteiger partial charge in [-0.3, -0.25) is 14.5 Å². The number of para-hydroxylation sites is 1. The second kappa shape index (κ2) is 4.05. The summed E-state index contributed by atoms with van der Waals surface area (Å²) in [6.45, 7) is 3.92. The Hall–Kier alpha value is -2.42. The first-order valence-corrected chi connectivity index (χ1v) is 6.15. The van der Waals surface area contributed by atoms with Crippen molar-refractivity contribution in [2.45, 2.75) is 13.8 Å². The van der Waals surface area contributed by atoms with E-state index in [1.165, 1.54) is 4.90 Å². The molecule has 1 heterocycles. The monoisotopic (exact) mass is 251 g/mol. The minimum atomic E-state index is -0.477. The molecule has 2 aromatic rings. The molecule has 0 spiro atoms. The minimum absolute atomic E-state index is 0.429. The number of nitrogens with zero attached hydrogens (tertiary/aromatic N) is 1. The summed E-state index contributed by atoms with van der Waals surface area (Å²) in [6.07, 6.45) is 0. The van der Waals surface area contributed by atoms with E-state index in [0.29, 0.717) is 5.56 Å². The second-order valence-electron chi connectivity index (χ2n) is 4.71. The van der Waals surface area contributed by atoms with E-state index in [-0.39, 0.29) is 0 Å². The van der Waals surface area contributed by atoms with Crippen molar-refractivity contribution >= 4 is 23.1 Å². The number of hydrogen-bond donors (Lipinski definition) is 0. The topological polar surface area (TPSA) is 37.4 Å². The van der Waals surface area contributed by atoms with Crippen LogP contribution < -0.4 is 4.90 Å². The van der Waals surface area contributed by atoms with Crippen molar-refractivity contribution in [1.29, 1.82) is 0 Å². The van der Waals surface area contributed by atoms with Crippen LogP contribution in [0.2, 0.25) is 0 Å². The molecule has 94 valence electrons. The van der Waals surface area contributed by atoms with Crippen molar-refractivity contribution in [3.8, 4) is 0 Å². The number of hydrogen-bond acceptors (Lipinski definition) is 2. The van der Waals surface area contributed by atoms with Gasteiger partial charge in [0.2, 0.25) is 0 Å². The summed E-state index contributed by atoms with van der Waals surface area (Å²) in [5, 5.41) is 0. The molecule has 3 nitrogen and oxygen atoms in total. The quantitative estimate of drug-likeness (QED) is 0.730. The number of anilines is 2. The molecule has 3 rings (SSSR count). The van der Waals surface area contributed by atoms with Crippen molar-refractivity contribution < 1.29 is 9.59 Å². The molecule has 0 fully saturated rings. The van der Waals surface area contributed by atoms with Crippen LogP contribution in [0.4, 0.5) is 11.4 Å². The molecule has 0 unspecified atom stereocenters. The minimum Gasteiger partial charge on any atom is -0.283 e. The molecule has 0 bridgehead atoms. The van der Waals surface area contributed by atoms with Crippen LogP contribution in [0.5, 0.6) is 0 Å². The fourth-order valence-corrected chi connectivity index (χ4v) is 2.41. The standard InChI is InChI=1S/C16H13NO2/c1-10-8-9-13-14(11(10)2)17(16(19)15(13)18)12-6-4-3-5-7-12/h3-9H,1-2H3. The first-order chi connectivity index (χ1) is 9.11. The largest absolute Gasteiger partial charge is 0.304 e. The Kier molecular flexibility index (Phi) is 2.49. The van der Waals surface area contributed by atoms with Crippen molar-refractivity contribution in [3.63, 3.8) is 0 Å². The summed E-state index contributed by atoms with van der Waals surface area (Å²) in [4.78, 5) is 25.8. The summed E-state index contributed by atoms with van der Waals surface area (Å²) in [5.74, 6) is -0.906. The van der Waals surface area contributed by atoms with Gasteiger partial charge in [0, 0.05) is 5.69 Å². The zero-order valence-electron chi connectivity index (χ0n) is 10.8. The second-order valence-corrected chi connectivity index (χ2v) is 4.71. The third-order valence-electron chi connectivity index (χ3n) is 3.58. The number of fused-ring (bicyclic) bond motifs is 1. The fourth-order valence-electron chi connectivity index (χ4n) is 2.41. The average Bonchev–Trinajstić information content (AvgIpc) is 2.68. The molecule has 1 aliphatic heterocycles. The predicted octanol–water partition coefficient (Wildman–Crippen LogP) is 3.16. The molecule has 19 heavy (non-hydrogen) atoms. The maximum Gasteiger partial charge on any atom is 0.304 e. The van der Waals surface area contributed by atoms with Crippen LogP contribution in [0.15, 0.2) is 42.5 Å². The van der Waals surface area contributed by atoms with Crippen LogP contribution in [0, 0.1) is 13.8 Å². The summed E-state index contributed by atoms with van der Waals surface area (Å²) < 4.78 is 0. The van der Waals surface area contributed by atoms with Gasteiger partial charge in [0.25, 0.3) is 5.78 Å². The van der Waals surface area contributed by atoms with E-state index in [1.807, 2.05) is 50.2 Å². The zero-order chi connectivity index (χ0) is 13.6. The number of rotatable bonds is 1. The summed E-state index contributed by atoms with van der Waals surface area (Å²) in [5.41, 5.74) is 3.99. The van der Waals surface area contributed by atoms with Gasteiger partial charge in [-0.15, -0.1) is 0 Å². The Balaban J connectivity index is 2.28. The Labute approximate surface area is 111 Å². The van der Waals surface area contributed by atoms with E-state index in [1.54, 1.807) is 6.07 Å². The third-order valence-corrected chi connectivity index (χ3v) is 3.58. The lowest BCUT2D eigenvalue weighted by Crippen LogP contribution is -2.25. The summed E-state index contributed by atoms with van der Waals surface area (Å²) >= 11 is 0. The van der Waals surface area contributed by atoms with Crippen LogP contribution in [0.3, 0.4) is 0 Å². The maximum atomic E-state index is 12.2. The lowest BCUT2D eigenvalue weighted by molar-refractivity contribution is -0.113. The predicted molar refractivity (Wildman–Crippen MR) is 73.8 cm³/mol. The maximum absolute atomic E-state index is 12.2. The molecule has 1 aliphatic rings. The third kappa shape index (κ3) is 1.58. The molecule has 3 heteroatoms. The Morgan fingerprint density at radius 1 is 0.895 bits per heavy atom. The molecule has 0 atom stereocenters. The van der Waals surface area contributed by atoms with E-state index in [2.05, 4.69) is 0 Å². The normalized spacial score (nSPS) is 13.9. The Bertz CT molecular complexity index is 689. The number of ketones is 1. The molecule has 0 saturated carbocycles. The molecule has 1 amide bonds. The van der Waals surface area contributed by atoms with Gasteiger partial charge < -0.3 is 0 Å². The van der Waals surface area contributed by atoms with E-state index in [4.69, 9.17) is 0 Å². The first-order valence-electron chi connectivity index (χ1n) is 6.15. The number of aryl methyl sites for hydroxylation is 1. The summed E-state index contributed by atoms with van der Waals surface area (Å²) in [7, 11) is 0. The van der Waals surface area contributed by atoms with Gasteiger partial charge in [-0.2, -0.15) is 0 Å². The smallest absolute Gasteiger partial charge is 0.283 e. The SMILES string of the molecule is Cc1ccc2c(c1C)N(c1ccccc1)C(=O)C2=O. The highest BCUT2D eigenvalue weighted by Gasteiger charge is 2.38. The molecule has 0 saturated heterocycles. The van der Waals surface area contributed by atoms with E-state index < -0.39 is 11.7 Å². The number of amides is 1. The van der Waals surface area contributed by atoms with Crippen molar-refractivity contribution in [3.05, 3.63) is 59.2 Å². The highest BCUT2D eigenvalue weighted by atomic mass is 16.2. The van der Waals surface area contributed by atoms with Gasteiger partial charge in [-0.25, -0.2) is 0 Å². The molecule has 0 radical (unpaired) electrons. The van der Waals surface area contributed by atoms with Crippen molar-refractivity contribution in [2.24, 2.45) is 0 Å². The van der Waals surface area contributed by atoms with Gasteiger partial charge in [-0.05, 0) is 43.2 Å². The first kappa shape index (κ1) is 11.7. The van der Waals surface area contributed by atoms with E-state index >= 15 is 0 Å². The van der Waals surface area contributed by atoms with E-state index in [0.717, 1.165) is 22.5 Å².